The van der Waals surface area contributed by atoms with E-state index in [1.54, 1.807) is 23.5 Å². The molecule has 90 valence electrons. The fraction of sp³-hybridized carbons (Fsp3) is 0.0667. The van der Waals surface area contributed by atoms with Crippen LogP contribution >= 0.6 is 11.3 Å². The lowest BCUT2D eigenvalue weighted by Crippen LogP contribution is -2.09. The average molecular weight is 257 g/mol. The molecule has 3 rings (SSSR count). The van der Waals surface area contributed by atoms with E-state index >= 15 is 0 Å². The molecule has 0 aliphatic carbocycles. The van der Waals surface area contributed by atoms with Gasteiger partial charge in [0.2, 0.25) is 0 Å². The Hall–Kier alpha value is -1.71. The molecule has 1 nitrogen and oxygen atoms in total. The van der Waals surface area contributed by atoms with Crippen LogP contribution < -0.4 is 5.73 Å². The molecule has 0 fully saturated rings. The highest BCUT2D eigenvalue weighted by Crippen LogP contribution is 2.32. The smallest absolute Gasteiger partial charge is 0.123 e. The minimum Gasteiger partial charge on any atom is -0.320 e. The van der Waals surface area contributed by atoms with E-state index in [4.69, 9.17) is 5.73 Å². The molecule has 1 atom stereocenters. The van der Waals surface area contributed by atoms with Crippen molar-refractivity contribution in [3.8, 4) is 0 Å². The van der Waals surface area contributed by atoms with Crippen LogP contribution in [0.3, 0.4) is 0 Å². The summed E-state index contributed by atoms with van der Waals surface area (Å²) >= 11 is 1.62. The van der Waals surface area contributed by atoms with E-state index in [-0.39, 0.29) is 11.9 Å². The quantitative estimate of drug-likeness (QED) is 0.735. The molecule has 3 heteroatoms. The summed E-state index contributed by atoms with van der Waals surface area (Å²) in [5.74, 6) is -0.208. The predicted octanol–water partition coefficient (Wildman–Crippen LogP) is 4.09. The van der Waals surface area contributed by atoms with E-state index in [0.717, 1.165) is 20.5 Å². The second-order valence-corrected chi connectivity index (χ2v) is 5.33. The van der Waals surface area contributed by atoms with Gasteiger partial charge in [0.1, 0.15) is 5.82 Å². The van der Waals surface area contributed by atoms with Gasteiger partial charge in [-0.2, -0.15) is 0 Å². The fourth-order valence-electron chi connectivity index (χ4n) is 2.01. The van der Waals surface area contributed by atoms with Gasteiger partial charge in [-0.1, -0.05) is 30.3 Å². The molecule has 1 heterocycles. The highest BCUT2D eigenvalue weighted by atomic mass is 32.1. The van der Waals surface area contributed by atoms with E-state index in [2.05, 4.69) is 0 Å². The largest absolute Gasteiger partial charge is 0.320 e. The Morgan fingerprint density at radius 3 is 2.56 bits per heavy atom. The maximum Gasteiger partial charge on any atom is 0.123 e. The lowest BCUT2D eigenvalue weighted by molar-refractivity contribution is 0.630. The molecule has 0 saturated heterocycles. The number of thiophene rings is 1. The van der Waals surface area contributed by atoms with Gasteiger partial charge in [0.15, 0.2) is 0 Å². The summed E-state index contributed by atoms with van der Waals surface area (Å²) in [7, 11) is 0. The third-order valence-corrected chi connectivity index (χ3v) is 4.16. The van der Waals surface area contributed by atoms with Gasteiger partial charge in [-0.25, -0.2) is 4.39 Å². The van der Waals surface area contributed by atoms with Crippen LogP contribution in [0.5, 0.6) is 0 Å². The molecule has 0 amide bonds. The third kappa shape index (κ3) is 2.03. The Balaban J connectivity index is 2.04. The third-order valence-electron chi connectivity index (χ3n) is 2.96. The summed E-state index contributed by atoms with van der Waals surface area (Å²) in [6, 6.07) is 16.6. The normalized spacial score (nSPS) is 12.8. The SMILES string of the molecule is NC(c1ccccc1)c1cc2cc(F)ccc2s1. The Morgan fingerprint density at radius 1 is 1.00 bits per heavy atom. The number of halogens is 1. The van der Waals surface area contributed by atoms with Gasteiger partial charge in [-0.15, -0.1) is 11.3 Å². The minimum absolute atomic E-state index is 0.147. The number of rotatable bonds is 2. The van der Waals surface area contributed by atoms with E-state index in [1.807, 2.05) is 36.4 Å². The van der Waals surface area contributed by atoms with Gasteiger partial charge in [0, 0.05) is 9.58 Å². The number of hydrogen-bond donors (Lipinski definition) is 1. The molecule has 0 aliphatic heterocycles. The van der Waals surface area contributed by atoms with Crippen LogP contribution in [0.4, 0.5) is 4.39 Å². The highest BCUT2D eigenvalue weighted by Gasteiger charge is 2.12. The van der Waals surface area contributed by atoms with Gasteiger partial charge in [0.25, 0.3) is 0 Å². The topological polar surface area (TPSA) is 26.0 Å². The van der Waals surface area contributed by atoms with Gasteiger partial charge >= 0.3 is 0 Å². The molecule has 0 bridgehead atoms. The number of fused-ring (bicyclic) bond motifs is 1. The molecule has 2 N–H and O–H groups in total. The minimum atomic E-state index is -0.208. The first-order chi connectivity index (χ1) is 8.74. The van der Waals surface area contributed by atoms with Crippen LogP contribution in [0.15, 0.2) is 54.6 Å². The van der Waals surface area contributed by atoms with Crippen molar-refractivity contribution in [2.45, 2.75) is 6.04 Å². The zero-order chi connectivity index (χ0) is 12.5. The summed E-state index contributed by atoms with van der Waals surface area (Å²) in [5.41, 5.74) is 7.31. The first kappa shape index (κ1) is 11.4. The van der Waals surface area contributed by atoms with Crippen LogP contribution in [0, 0.1) is 5.82 Å². The first-order valence-corrected chi connectivity index (χ1v) is 6.55. The van der Waals surface area contributed by atoms with Crippen molar-refractivity contribution < 1.29 is 4.39 Å². The number of nitrogens with two attached hydrogens (primary N) is 1. The van der Waals surface area contributed by atoms with Crippen molar-refractivity contribution >= 4 is 21.4 Å². The summed E-state index contributed by atoms with van der Waals surface area (Å²) in [4.78, 5) is 1.06. The summed E-state index contributed by atoms with van der Waals surface area (Å²) in [6.45, 7) is 0. The molecule has 3 aromatic rings. The van der Waals surface area contributed by atoms with Crippen LogP contribution in [0.25, 0.3) is 10.1 Å². The maximum absolute atomic E-state index is 13.1. The molecule has 0 aliphatic rings. The Bertz CT molecular complexity index is 675. The Labute approximate surface area is 109 Å². The van der Waals surface area contributed by atoms with Crippen molar-refractivity contribution in [2.75, 3.05) is 0 Å². The summed E-state index contributed by atoms with van der Waals surface area (Å²) in [6.07, 6.45) is 0. The lowest BCUT2D eigenvalue weighted by Gasteiger charge is -2.08. The molecule has 0 saturated carbocycles. The Kier molecular flexibility index (Phi) is 2.86. The number of benzene rings is 2. The average Bonchev–Trinajstić information content (AvgIpc) is 2.81. The van der Waals surface area contributed by atoms with E-state index in [1.165, 1.54) is 6.07 Å². The first-order valence-electron chi connectivity index (χ1n) is 5.73. The van der Waals surface area contributed by atoms with E-state index in [9.17, 15) is 4.39 Å². The Morgan fingerprint density at radius 2 is 1.78 bits per heavy atom. The molecule has 0 radical (unpaired) electrons. The second-order valence-electron chi connectivity index (χ2n) is 4.22. The monoisotopic (exact) mass is 257 g/mol. The van der Waals surface area contributed by atoms with Crippen molar-refractivity contribution in [1.29, 1.82) is 0 Å². The zero-order valence-electron chi connectivity index (χ0n) is 9.64. The van der Waals surface area contributed by atoms with Crippen molar-refractivity contribution in [2.24, 2.45) is 5.73 Å². The standard InChI is InChI=1S/C15H12FNS/c16-12-6-7-13-11(8-12)9-14(18-13)15(17)10-4-2-1-3-5-10/h1-9,15H,17H2. The predicted molar refractivity (Wildman–Crippen MR) is 74.3 cm³/mol. The molecule has 1 aromatic heterocycles. The van der Waals surface area contributed by atoms with Crippen LogP contribution in [-0.2, 0) is 0 Å². The highest BCUT2D eigenvalue weighted by molar-refractivity contribution is 7.19. The fourth-order valence-corrected chi connectivity index (χ4v) is 3.09. The lowest BCUT2D eigenvalue weighted by atomic mass is 10.1. The number of hydrogen-bond acceptors (Lipinski definition) is 2. The summed E-state index contributed by atoms with van der Waals surface area (Å²) in [5, 5.41) is 0.918. The van der Waals surface area contributed by atoms with Crippen molar-refractivity contribution in [3.63, 3.8) is 0 Å². The van der Waals surface area contributed by atoms with Gasteiger partial charge in [0.05, 0.1) is 6.04 Å². The zero-order valence-corrected chi connectivity index (χ0v) is 10.5. The van der Waals surface area contributed by atoms with Gasteiger partial charge in [-0.3, -0.25) is 0 Å². The molecule has 1 unspecified atom stereocenters. The van der Waals surface area contributed by atoms with Crippen LogP contribution in [-0.4, -0.2) is 0 Å². The van der Waals surface area contributed by atoms with Crippen LogP contribution in [0.2, 0.25) is 0 Å². The molecular formula is C15H12FNS. The van der Waals surface area contributed by atoms with Crippen LogP contribution in [0.1, 0.15) is 16.5 Å². The van der Waals surface area contributed by atoms with Crippen molar-refractivity contribution in [1.82, 2.24) is 0 Å². The van der Waals surface area contributed by atoms with Crippen molar-refractivity contribution in [3.05, 3.63) is 70.9 Å². The maximum atomic E-state index is 13.1. The molecule has 0 spiro atoms. The van der Waals surface area contributed by atoms with Gasteiger partial charge < -0.3 is 5.73 Å². The molecule has 18 heavy (non-hydrogen) atoms. The second kappa shape index (κ2) is 4.52. The van der Waals surface area contributed by atoms with Gasteiger partial charge in [-0.05, 0) is 35.2 Å². The molecule has 2 aromatic carbocycles. The van der Waals surface area contributed by atoms with E-state index in [0.29, 0.717) is 0 Å². The summed E-state index contributed by atoms with van der Waals surface area (Å²) < 4.78 is 14.2. The van der Waals surface area contributed by atoms with E-state index < -0.39 is 0 Å². The molecular weight excluding hydrogens is 245 g/mol.